The van der Waals surface area contributed by atoms with E-state index in [1.807, 2.05) is 0 Å². The third kappa shape index (κ3) is 2.46. The van der Waals surface area contributed by atoms with Gasteiger partial charge in [0.1, 0.15) is 10.8 Å². The van der Waals surface area contributed by atoms with E-state index in [9.17, 15) is 12.8 Å². The monoisotopic (exact) mass is 288 g/mol. The number of rotatable bonds is 2. The number of nitrogens with zero attached hydrogens (tertiary/aromatic N) is 1. The minimum Gasteiger partial charge on any atom is -0.389 e. The van der Waals surface area contributed by atoms with E-state index in [0.717, 1.165) is 6.42 Å². The highest BCUT2D eigenvalue weighted by Gasteiger charge is 2.28. The van der Waals surface area contributed by atoms with Gasteiger partial charge in [-0.05, 0) is 31.0 Å². The predicted molar refractivity (Wildman–Crippen MR) is 72.7 cm³/mol. The quantitative estimate of drug-likeness (QED) is 0.835. The average molecular weight is 288 g/mol. The molecule has 0 aromatic heterocycles. The Bertz CT molecular complexity index is 587. The number of benzene rings is 1. The first-order chi connectivity index (χ1) is 8.42. The Morgan fingerprint density at radius 3 is 2.72 bits per heavy atom. The second kappa shape index (κ2) is 4.81. The predicted octanol–water partition coefficient (Wildman–Crippen LogP) is 1.39. The summed E-state index contributed by atoms with van der Waals surface area (Å²) in [6, 6.07) is 3.79. The molecule has 0 aliphatic carbocycles. The lowest BCUT2D eigenvalue weighted by Gasteiger charge is -2.29. The van der Waals surface area contributed by atoms with Gasteiger partial charge in [-0.1, -0.05) is 12.2 Å². The molecule has 0 saturated carbocycles. The second-order valence-corrected chi connectivity index (χ2v) is 6.57. The molecule has 0 radical (unpaired) electrons. The molecule has 1 aliphatic heterocycles. The van der Waals surface area contributed by atoms with Crippen LogP contribution in [0.4, 0.5) is 10.1 Å². The van der Waals surface area contributed by atoms with Gasteiger partial charge in [0.25, 0.3) is 0 Å². The van der Waals surface area contributed by atoms with E-state index < -0.39 is 15.8 Å². The van der Waals surface area contributed by atoms with Crippen LogP contribution in [0, 0.1) is 5.82 Å². The third-order valence-corrected chi connectivity index (χ3v) is 4.92. The molecule has 0 bridgehead atoms. The zero-order valence-electron chi connectivity index (χ0n) is 9.60. The van der Waals surface area contributed by atoms with Gasteiger partial charge in [-0.25, -0.2) is 12.8 Å². The van der Waals surface area contributed by atoms with Crippen LogP contribution in [-0.2, 0) is 10.0 Å². The number of halogens is 1. The summed E-state index contributed by atoms with van der Waals surface area (Å²) in [6.45, 7) is 0.379. The fraction of sp³-hybridized carbons (Fsp3) is 0.364. The fourth-order valence-corrected chi connectivity index (χ4v) is 3.80. The summed E-state index contributed by atoms with van der Waals surface area (Å²) in [5, 5.41) is 0. The van der Waals surface area contributed by atoms with Crippen LogP contribution >= 0.6 is 12.2 Å². The van der Waals surface area contributed by atoms with E-state index in [-0.39, 0.29) is 16.3 Å². The third-order valence-electron chi connectivity index (χ3n) is 2.84. The van der Waals surface area contributed by atoms with Crippen molar-refractivity contribution < 1.29 is 12.8 Å². The van der Waals surface area contributed by atoms with Crippen molar-refractivity contribution in [3.8, 4) is 0 Å². The molecule has 2 N–H and O–H groups in total. The molecule has 0 atom stereocenters. The minimum absolute atomic E-state index is 0.00901. The highest BCUT2D eigenvalue weighted by Crippen LogP contribution is 2.27. The Hall–Kier alpha value is -1.21. The lowest BCUT2D eigenvalue weighted by molar-refractivity contribution is 0.574. The largest absolute Gasteiger partial charge is 0.389 e. The van der Waals surface area contributed by atoms with Crippen molar-refractivity contribution in [2.24, 2.45) is 5.73 Å². The summed E-state index contributed by atoms with van der Waals surface area (Å²) in [6.07, 6.45) is 1.41. The minimum atomic E-state index is -3.35. The molecule has 0 unspecified atom stereocenters. The Morgan fingerprint density at radius 2 is 2.11 bits per heavy atom. The van der Waals surface area contributed by atoms with Crippen LogP contribution in [0.25, 0.3) is 0 Å². The number of thiocarbonyl (C=S) groups is 1. The van der Waals surface area contributed by atoms with Crippen molar-refractivity contribution in [2.75, 3.05) is 16.6 Å². The molecule has 1 aromatic rings. The summed E-state index contributed by atoms with van der Waals surface area (Å²) in [5.74, 6) is -0.391. The van der Waals surface area contributed by atoms with Gasteiger partial charge in [0, 0.05) is 12.1 Å². The molecule has 98 valence electrons. The van der Waals surface area contributed by atoms with Gasteiger partial charge >= 0.3 is 0 Å². The topological polar surface area (TPSA) is 63.4 Å². The normalized spacial score (nSPS) is 18.6. The first-order valence-electron chi connectivity index (χ1n) is 5.51. The Balaban J connectivity index is 2.53. The standard InChI is InChI=1S/C11H13FN2O2S2/c12-8-3-4-10(9(7-8)11(13)17)14-5-1-2-6-18(14,15)16/h3-4,7H,1-2,5-6H2,(H2,13,17). The fourth-order valence-electron chi connectivity index (χ4n) is 1.98. The number of sulfonamides is 1. The first-order valence-corrected chi connectivity index (χ1v) is 7.53. The molecule has 0 spiro atoms. The number of hydrogen-bond donors (Lipinski definition) is 1. The van der Waals surface area contributed by atoms with Crippen LogP contribution in [0.15, 0.2) is 18.2 Å². The van der Waals surface area contributed by atoms with Crippen LogP contribution in [0.1, 0.15) is 18.4 Å². The summed E-state index contributed by atoms with van der Waals surface area (Å²) in [4.78, 5) is -0.00901. The van der Waals surface area contributed by atoms with Gasteiger partial charge in [-0.3, -0.25) is 4.31 Å². The molecule has 18 heavy (non-hydrogen) atoms. The van der Waals surface area contributed by atoms with Crippen molar-refractivity contribution in [1.82, 2.24) is 0 Å². The molecule has 4 nitrogen and oxygen atoms in total. The van der Waals surface area contributed by atoms with Crippen LogP contribution in [0.3, 0.4) is 0 Å². The first kappa shape index (κ1) is 13.2. The lowest BCUT2D eigenvalue weighted by Crippen LogP contribution is -2.39. The summed E-state index contributed by atoms with van der Waals surface area (Å²) < 4.78 is 38.4. The molecular weight excluding hydrogens is 275 g/mol. The van der Waals surface area contributed by atoms with E-state index >= 15 is 0 Å². The maximum Gasteiger partial charge on any atom is 0.235 e. The van der Waals surface area contributed by atoms with Crippen molar-refractivity contribution in [2.45, 2.75) is 12.8 Å². The van der Waals surface area contributed by atoms with E-state index in [4.69, 9.17) is 18.0 Å². The van der Waals surface area contributed by atoms with E-state index in [0.29, 0.717) is 18.7 Å². The van der Waals surface area contributed by atoms with E-state index in [2.05, 4.69) is 0 Å². The average Bonchev–Trinajstić information content (AvgIpc) is 2.29. The smallest absolute Gasteiger partial charge is 0.235 e. The summed E-state index contributed by atoms with van der Waals surface area (Å²) >= 11 is 4.84. The van der Waals surface area contributed by atoms with Gasteiger partial charge in [-0.2, -0.15) is 0 Å². The van der Waals surface area contributed by atoms with Crippen molar-refractivity contribution in [1.29, 1.82) is 0 Å². The van der Waals surface area contributed by atoms with Crippen molar-refractivity contribution in [3.05, 3.63) is 29.6 Å². The maximum atomic E-state index is 13.2. The zero-order chi connectivity index (χ0) is 13.3. The van der Waals surface area contributed by atoms with Crippen LogP contribution in [-0.4, -0.2) is 25.7 Å². The van der Waals surface area contributed by atoms with Gasteiger partial charge in [0.2, 0.25) is 10.0 Å². The van der Waals surface area contributed by atoms with Gasteiger partial charge in [0.05, 0.1) is 11.4 Å². The molecule has 1 aliphatic rings. The number of hydrogen-bond acceptors (Lipinski definition) is 3. The molecule has 1 heterocycles. The zero-order valence-corrected chi connectivity index (χ0v) is 11.2. The Labute approximate surface area is 111 Å². The molecular formula is C11H13FN2O2S2. The Morgan fingerprint density at radius 1 is 1.39 bits per heavy atom. The molecule has 1 aromatic carbocycles. The van der Waals surface area contributed by atoms with Crippen LogP contribution < -0.4 is 10.0 Å². The van der Waals surface area contributed by atoms with E-state index in [1.54, 1.807) is 0 Å². The summed E-state index contributed by atoms with van der Waals surface area (Å²) in [5.41, 5.74) is 6.15. The molecule has 1 fully saturated rings. The van der Waals surface area contributed by atoms with Gasteiger partial charge in [0.15, 0.2) is 0 Å². The molecule has 2 rings (SSSR count). The lowest BCUT2D eigenvalue weighted by atomic mass is 10.1. The Kier molecular flexibility index (Phi) is 3.54. The molecule has 1 saturated heterocycles. The highest BCUT2D eigenvalue weighted by atomic mass is 32.2. The van der Waals surface area contributed by atoms with Crippen molar-refractivity contribution >= 4 is 32.9 Å². The van der Waals surface area contributed by atoms with E-state index in [1.165, 1.54) is 22.5 Å². The summed E-state index contributed by atoms with van der Waals surface area (Å²) in [7, 11) is -3.35. The van der Waals surface area contributed by atoms with Crippen LogP contribution in [0.5, 0.6) is 0 Å². The SMILES string of the molecule is NC(=S)c1cc(F)ccc1N1CCCCS1(=O)=O. The highest BCUT2D eigenvalue weighted by molar-refractivity contribution is 7.92. The van der Waals surface area contributed by atoms with Crippen molar-refractivity contribution in [3.63, 3.8) is 0 Å². The maximum absolute atomic E-state index is 13.2. The second-order valence-electron chi connectivity index (χ2n) is 4.12. The van der Waals surface area contributed by atoms with Crippen LogP contribution in [0.2, 0.25) is 0 Å². The van der Waals surface area contributed by atoms with Gasteiger partial charge in [-0.15, -0.1) is 0 Å². The number of anilines is 1. The number of nitrogens with two attached hydrogens (primary N) is 1. The molecule has 0 amide bonds. The molecule has 7 heteroatoms. The van der Waals surface area contributed by atoms with Gasteiger partial charge < -0.3 is 5.73 Å².